The van der Waals surface area contributed by atoms with Crippen molar-refractivity contribution in [2.24, 2.45) is 0 Å². The third-order valence-electron chi connectivity index (χ3n) is 3.54. The monoisotopic (exact) mass is 311 g/mol. The third-order valence-corrected chi connectivity index (χ3v) is 3.54. The summed E-state index contributed by atoms with van der Waals surface area (Å²) in [6.45, 7) is 2.65. The summed E-state index contributed by atoms with van der Waals surface area (Å²) in [5.74, 6) is 0.833. The van der Waals surface area contributed by atoms with Crippen molar-refractivity contribution in [1.29, 1.82) is 0 Å². The van der Waals surface area contributed by atoms with Crippen molar-refractivity contribution in [1.82, 2.24) is 14.9 Å². The molecule has 0 fully saturated rings. The van der Waals surface area contributed by atoms with Crippen molar-refractivity contribution >= 4 is 16.8 Å². The average molecular weight is 311 g/mol. The molecule has 0 aliphatic carbocycles. The van der Waals surface area contributed by atoms with Gasteiger partial charge in [0.05, 0.1) is 0 Å². The molecule has 3 aromatic rings. The molecule has 0 spiro atoms. The van der Waals surface area contributed by atoms with Gasteiger partial charge in [-0.15, -0.1) is 0 Å². The maximum Gasteiger partial charge on any atom is 0.275 e. The number of nitrogens with zero attached hydrogens (tertiary/aromatic N) is 3. The zero-order chi connectivity index (χ0) is 16.2. The lowest BCUT2D eigenvalue weighted by Gasteiger charge is -2.11. The van der Waals surface area contributed by atoms with E-state index in [-0.39, 0.29) is 18.2 Å². The minimum Gasteiger partial charge on any atom is -0.482 e. The maximum absolute atomic E-state index is 12.0. The Morgan fingerprint density at radius 1 is 1.30 bits per heavy atom. The predicted octanol–water partition coefficient (Wildman–Crippen LogP) is 2.89. The van der Waals surface area contributed by atoms with Crippen LogP contribution in [0.15, 0.2) is 47.2 Å². The Balaban J connectivity index is 1.73. The first-order valence-corrected chi connectivity index (χ1v) is 7.35. The van der Waals surface area contributed by atoms with Gasteiger partial charge in [0.25, 0.3) is 5.91 Å². The molecule has 3 rings (SSSR count). The van der Waals surface area contributed by atoms with E-state index in [9.17, 15) is 4.79 Å². The first-order chi connectivity index (χ1) is 11.2. The van der Waals surface area contributed by atoms with Crippen molar-refractivity contribution < 1.29 is 13.9 Å². The van der Waals surface area contributed by atoms with Gasteiger partial charge in [-0.05, 0) is 19.1 Å². The van der Waals surface area contributed by atoms with E-state index in [1.807, 2.05) is 37.3 Å². The Hall–Kier alpha value is -2.89. The highest BCUT2D eigenvalue weighted by Crippen LogP contribution is 2.23. The van der Waals surface area contributed by atoms with Crippen LogP contribution in [-0.4, -0.2) is 34.4 Å². The number of hydrogen-bond donors (Lipinski definition) is 0. The molecule has 0 unspecified atom stereocenters. The summed E-state index contributed by atoms with van der Waals surface area (Å²) in [6, 6.07) is 9.56. The number of hydrogen-bond acceptors (Lipinski definition) is 5. The number of oxazole rings is 1. The lowest BCUT2D eigenvalue weighted by molar-refractivity contribution is 0.0796. The number of pyridine rings is 1. The molecule has 1 aromatic carbocycles. The van der Waals surface area contributed by atoms with Gasteiger partial charge in [0, 0.05) is 25.2 Å². The first kappa shape index (κ1) is 15.0. The van der Waals surface area contributed by atoms with Gasteiger partial charge in [-0.3, -0.25) is 9.78 Å². The zero-order valence-electron chi connectivity index (χ0n) is 13.0. The summed E-state index contributed by atoms with van der Waals surface area (Å²) in [6.07, 6.45) is 3.08. The molecule has 2 heterocycles. The normalized spacial score (nSPS) is 10.7. The molecule has 0 N–H and O–H groups in total. The van der Waals surface area contributed by atoms with Crippen LogP contribution in [0.25, 0.3) is 10.9 Å². The molecule has 1 amide bonds. The van der Waals surface area contributed by atoms with E-state index >= 15 is 0 Å². The van der Waals surface area contributed by atoms with Gasteiger partial charge in [-0.1, -0.05) is 18.2 Å². The second-order valence-corrected chi connectivity index (χ2v) is 5.07. The Kier molecular flexibility index (Phi) is 4.23. The summed E-state index contributed by atoms with van der Waals surface area (Å²) in [4.78, 5) is 22.1. The summed E-state index contributed by atoms with van der Waals surface area (Å²) in [7, 11) is 1.72. The number of carbonyl (C=O) groups is 1. The number of carbonyl (C=O) groups excluding carboxylic acids is 1. The number of aromatic nitrogens is 2. The molecule has 0 aliphatic rings. The van der Waals surface area contributed by atoms with Gasteiger partial charge in [0.2, 0.25) is 5.89 Å². The Morgan fingerprint density at radius 2 is 2.13 bits per heavy atom. The fourth-order valence-corrected chi connectivity index (χ4v) is 2.15. The standard InChI is InChI=1S/C17H17N3O3/c1-3-20(2)17(21)13-10-23-15(19-13)11-22-14-8-4-6-12-7-5-9-18-16(12)14/h4-10H,3,11H2,1-2H3. The van der Waals surface area contributed by atoms with Gasteiger partial charge in [-0.25, -0.2) is 4.98 Å². The van der Waals surface area contributed by atoms with E-state index in [4.69, 9.17) is 9.15 Å². The first-order valence-electron chi connectivity index (χ1n) is 7.35. The van der Waals surface area contributed by atoms with Gasteiger partial charge in [0.15, 0.2) is 12.3 Å². The van der Waals surface area contributed by atoms with Crippen LogP contribution >= 0.6 is 0 Å². The van der Waals surface area contributed by atoms with Crippen LogP contribution in [-0.2, 0) is 6.61 Å². The molecular formula is C17H17N3O3. The molecule has 118 valence electrons. The zero-order valence-corrected chi connectivity index (χ0v) is 13.0. The molecule has 6 heteroatoms. The lowest BCUT2D eigenvalue weighted by atomic mass is 10.2. The minimum atomic E-state index is -0.172. The number of rotatable bonds is 5. The van der Waals surface area contributed by atoms with Gasteiger partial charge in [-0.2, -0.15) is 0 Å². The Labute approximate surface area is 133 Å². The number of fused-ring (bicyclic) bond motifs is 1. The Bertz CT molecular complexity index is 823. The van der Waals surface area contributed by atoms with E-state index in [1.165, 1.54) is 6.26 Å². The fraction of sp³-hybridized carbons (Fsp3) is 0.235. The van der Waals surface area contributed by atoms with Gasteiger partial charge in [0.1, 0.15) is 17.5 Å². The topological polar surface area (TPSA) is 68.5 Å². The maximum atomic E-state index is 12.0. The second kappa shape index (κ2) is 6.48. The average Bonchev–Trinajstić information content (AvgIpc) is 3.07. The molecule has 0 saturated carbocycles. The van der Waals surface area contributed by atoms with E-state index in [0.29, 0.717) is 18.2 Å². The molecule has 0 saturated heterocycles. The SMILES string of the molecule is CCN(C)C(=O)c1coc(COc2cccc3cccnc23)n1. The molecule has 6 nitrogen and oxygen atoms in total. The largest absolute Gasteiger partial charge is 0.482 e. The molecular weight excluding hydrogens is 294 g/mol. The van der Waals surface area contributed by atoms with Crippen molar-refractivity contribution in [3.05, 3.63) is 54.4 Å². The highest BCUT2D eigenvalue weighted by molar-refractivity contribution is 5.91. The molecule has 0 atom stereocenters. The highest BCUT2D eigenvalue weighted by atomic mass is 16.5. The summed E-state index contributed by atoms with van der Waals surface area (Å²) < 4.78 is 11.1. The van der Waals surface area contributed by atoms with Crippen molar-refractivity contribution in [2.75, 3.05) is 13.6 Å². The van der Waals surface area contributed by atoms with Gasteiger partial charge < -0.3 is 14.1 Å². The smallest absolute Gasteiger partial charge is 0.275 e. The van der Waals surface area contributed by atoms with Crippen LogP contribution in [0.1, 0.15) is 23.3 Å². The van der Waals surface area contributed by atoms with Crippen LogP contribution < -0.4 is 4.74 Å². The summed E-state index contributed by atoms with van der Waals surface area (Å²) >= 11 is 0. The van der Waals surface area contributed by atoms with Crippen molar-refractivity contribution in [3.8, 4) is 5.75 Å². The number of para-hydroxylation sites is 1. The van der Waals surface area contributed by atoms with E-state index in [1.54, 1.807) is 18.1 Å². The predicted molar refractivity (Wildman–Crippen MR) is 85.2 cm³/mol. The third kappa shape index (κ3) is 3.15. The van der Waals surface area contributed by atoms with E-state index in [2.05, 4.69) is 9.97 Å². The van der Waals surface area contributed by atoms with Crippen LogP contribution in [0.5, 0.6) is 5.75 Å². The minimum absolute atomic E-state index is 0.138. The molecule has 0 radical (unpaired) electrons. The lowest BCUT2D eigenvalue weighted by Crippen LogP contribution is -2.26. The second-order valence-electron chi connectivity index (χ2n) is 5.07. The van der Waals surface area contributed by atoms with Crippen LogP contribution in [0.2, 0.25) is 0 Å². The number of ether oxygens (including phenoxy) is 1. The number of benzene rings is 1. The van der Waals surface area contributed by atoms with Crippen molar-refractivity contribution in [2.45, 2.75) is 13.5 Å². The molecule has 2 aromatic heterocycles. The fourth-order valence-electron chi connectivity index (χ4n) is 2.15. The van der Waals surface area contributed by atoms with Gasteiger partial charge >= 0.3 is 0 Å². The highest BCUT2D eigenvalue weighted by Gasteiger charge is 2.16. The van der Waals surface area contributed by atoms with Crippen LogP contribution in [0.3, 0.4) is 0 Å². The van der Waals surface area contributed by atoms with Crippen LogP contribution in [0, 0.1) is 0 Å². The quantitative estimate of drug-likeness (QED) is 0.724. The van der Waals surface area contributed by atoms with E-state index in [0.717, 1.165) is 10.9 Å². The molecule has 0 aliphatic heterocycles. The summed E-state index contributed by atoms with van der Waals surface area (Å²) in [5.41, 5.74) is 1.06. The molecule has 23 heavy (non-hydrogen) atoms. The number of amides is 1. The molecule has 0 bridgehead atoms. The van der Waals surface area contributed by atoms with E-state index < -0.39 is 0 Å². The Morgan fingerprint density at radius 3 is 2.96 bits per heavy atom. The van der Waals surface area contributed by atoms with Crippen molar-refractivity contribution in [3.63, 3.8) is 0 Å². The summed E-state index contributed by atoms with van der Waals surface area (Å²) in [5, 5.41) is 0.998. The van der Waals surface area contributed by atoms with Crippen LogP contribution in [0.4, 0.5) is 0 Å².